The van der Waals surface area contributed by atoms with Gasteiger partial charge in [-0.3, -0.25) is 0 Å². The molecule has 1 aromatic carbocycles. The molecule has 0 spiro atoms. The molecule has 6 heteroatoms. The van der Waals surface area contributed by atoms with E-state index >= 15 is 0 Å². The maximum atomic E-state index is 12.9. The fourth-order valence-corrected chi connectivity index (χ4v) is 5.11. The van der Waals surface area contributed by atoms with Crippen LogP contribution in [-0.4, -0.2) is 43.1 Å². The number of benzene rings is 1. The fourth-order valence-electron chi connectivity index (χ4n) is 3.24. The molecule has 1 unspecified atom stereocenters. The van der Waals surface area contributed by atoms with Crippen LogP contribution in [0.4, 0.5) is 5.69 Å². The van der Waals surface area contributed by atoms with E-state index in [4.69, 9.17) is 0 Å². The third kappa shape index (κ3) is 2.80. The van der Waals surface area contributed by atoms with Crippen molar-refractivity contribution in [2.24, 2.45) is 0 Å². The van der Waals surface area contributed by atoms with Gasteiger partial charge in [-0.05, 0) is 50.3 Å². The zero-order valence-electron chi connectivity index (χ0n) is 12.3. The Morgan fingerprint density at radius 2 is 2.14 bits per heavy atom. The van der Waals surface area contributed by atoms with Crippen molar-refractivity contribution in [2.75, 3.05) is 25.0 Å². The maximum absolute atomic E-state index is 12.9. The number of rotatable bonds is 2. The highest BCUT2D eigenvalue weighted by molar-refractivity contribution is 7.89. The minimum atomic E-state index is -3.54. The van der Waals surface area contributed by atoms with Gasteiger partial charge in [-0.25, -0.2) is 8.42 Å². The van der Waals surface area contributed by atoms with Gasteiger partial charge in [-0.2, -0.15) is 4.31 Å². The molecule has 2 aliphatic rings. The van der Waals surface area contributed by atoms with E-state index in [1.807, 2.05) is 6.07 Å². The zero-order valence-corrected chi connectivity index (χ0v) is 13.1. The van der Waals surface area contributed by atoms with Gasteiger partial charge in [0, 0.05) is 25.3 Å². The highest BCUT2D eigenvalue weighted by Crippen LogP contribution is 2.32. The number of aliphatic hydroxyl groups is 1. The van der Waals surface area contributed by atoms with E-state index < -0.39 is 15.6 Å². The second kappa shape index (κ2) is 5.26. The Balaban J connectivity index is 1.99. The summed E-state index contributed by atoms with van der Waals surface area (Å²) in [6.45, 7) is 3.24. The lowest BCUT2D eigenvalue weighted by molar-refractivity contribution is 0.00939. The van der Waals surface area contributed by atoms with Crippen LogP contribution in [0.1, 0.15) is 31.7 Å². The summed E-state index contributed by atoms with van der Waals surface area (Å²) in [7, 11) is -3.54. The number of sulfonamides is 1. The molecule has 0 radical (unpaired) electrons. The lowest BCUT2D eigenvalue weighted by Gasteiger charge is -2.36. The van der Waals surface area contributed by atoms with E-state index in [-0.39, 0.29) is 6.54 Å². The number of fused-ring (bicyclic) bond motifs is 1. The Labute approximate surface area is 126 Å². The molecule has 0 bridgehead atoms. The number of piperidine rings is 1. The Bertz CT molecular complexity index is 640. The molecule has 0 saturated carbocycles. The van der Waals surface area contributed by atoms with Crippen molar-refractivity contribution in [1.29, 1.82) is 0 Å². The van der Waals surface area contributed by atoms with Crippen LogP contribution in [-0.2, 0) is 16.4 Å². The van der Waals surface area contributed by atoms with Gasteiger partial charge < -0.3 is 10.4 Å². The van der Waals surface area contributed by atoms with E-state index in [0.717, 1.165) is 30.6 Å². The first-order chi connectivity index (χ1) is 9.90. The summed E-state index contributed by atoms with van der Waals surface area (Å²) in [6.07, 6.45) is 3.06. The minimum absolute atomic E-state index is 0.173. The fraction of sp³-hybridized carbons (Fsp3) is 0.600. The zero-order chi connectivity index (χ0) is 15.1. The molecule has 2 aliphatic heterocycles. The number of hydrogen-bond donors (Lipinski definition) is 2. The van der Waals surface area contributed by atoms with Gasteiger partial charge in [-0.1, -0.05) is 6.07 Å². The van der Waals surface area contributed by atoms with Crippen molar-refractivity contribution in [3.05, 3.63) is 23.8 Å². The molecule has 5 nitrogen and oxygen atoms in total. The van der Waals surface area contributed by atoms with Crippen LogP contribution in [0.2, 0.25) is 0 Å². The van der Waals surface area contributed by atoms with Crippen molar-refractivity contribution in [3.63, 3.8) is 0 Å². The third-order valence-electron chi connectivity index (χ3n) is 4.31. The van der Waals surface area contributed by atoms with Crippen LogP contribution in [0, 0.1) is 0 Å². The van der Waals surface area contributed by atoms with Gasteiger partial charge in [0.15, 0.2) is 0 Å². The van der Waals surface area contributed by atoms with E-state index in [2.05, 4.69) is 5.32 Å². The minimum Gasteiger partial charge on any atom is -0.389 e. The van der Waals surface area contributed by atoms with Gasteiger partial charge in [0.05, 0.1) is 10.5 Å². The molecule has 0 aliphatic carbocycles. The first-order valence-corrected chi connectivity index (χ1v) is 8.92. The molecule has 1 atom stereocenters. The standard InChI is InChI=1S/C15H22N2O3S/c1-15(18)8-4-10-17(11-15)21(19,20)14-7-2-6-13-12(14)5-3-9-16-13/h2,6-7,16,18H,3-5,8-11H2,1H3. The molecule has 2 heterocycles. The highest BCUT2D eigenvalue weighted by Gasteiger charge is 2.36. The molecule has 21 heavy (non-hydrogen) atoms. The first kappa shape index (κ1) is 14.8. The Kier molecular flexibility index (Phi) is 3.71. The largest absolute Gasteiger partial charge is 0.389 e. The monoisotopic (exact) mass is 310 g/mol. The van der Waals surface area contributed by atoms with Crippen LogP contribution in [0.25, 0.3) is 0 Å². The maximum Gasteiger partial charge on any atom is 0.243 e. The third-order valence-corrected chi connectivity index (χ3v) is 6.24. The van der Waals surface area contributed by atoms with Crippen LogP contribution in [0.15, 0.2) is 23.1 Å². The van der Waals surface area contributed by atoms with Gasteiger partial charge in [0.25, 0.3) is 0 Å². The highest BCUT2D eigenvalue weighted by atomic mass is 32.2. The summed E-state index contributed by atoms with van der Waals surface area (Å²) >= 11 is 0. The molecule has 2 N–H and O–H groups in total. The van der Waals surface area contributed by atoms with Gasteiger partial charge in [-0.15, -0.1) is 0 Å². The van der Waals surface area contributed by atoms with Crippen molar-refractivity contribution in [2.45, 2.75) is 43.1 Å². The lowest BCUT2D eigenvalue weighted by Crippen LogP contribution is -2.48. The number of β-amino-alcohol motifs (C(OH)–C–C–N with tert-alkyl or cyclic N) is 1. The first-order valence-electron chi connectivity index (χ1n) is 7.48. The number of nitrogens with one attached hydrogen (secondary N) is 1. The normalized spacial score (nSPS) is 27.0. The molecular weight excluding hydrogens is 288 g/mol. The lowest BCUT2D eigenvalue weighted by atomic mass is 9.97. The summed E-state index contributed by atoms with van der Waals surface area (Å²) < 4.78 is 27.3. The van der Waals surface area contributed by atoms with Crippen LogP contribution >= 0.6 is 0 Å². The molecule has 116 valence electrons. The van der Waals surface area contributed by atoms with E-state index in [1.54, 1.807) is 19.1 Å². The smallest absolute Gasteiger partial charge is 0.243 e. The molecule has 0 aromatic heterocycles. The van der Waals surface area contributed by atoms with Gasteiger partial charge in [0.1, 0.15) is 0 Å². The van der Waals surface area contributed by atoms with Crippen LogP contribution < -0.4 is 5.32 Å². The number of hydrogen-bond acceptors (Lipinski definition) is 4. The summed E-state index contributed by atoms with van der Waals surface area (Å²) in [4.78, 5) is 0.393. The Hall–Kier alpha value is -1.11. The van der Waals surface area contributed by atoms with Gasteiger partial charge in [0.2, 0.25) is 10.0 Å². The summed E-state index contributed by atoms with van der Waals surface area (Å²) in [5, 5.41) is 13.4. The van der Waals surface area contributed by atoms with E-state index in [1.165, 1.54) is 4.31 Å². The van der Waals surface area contributed by atoms with Crippen molar-refractivity contribution < 1.29 is 13.5 Å². The summed E-state index contributed by atoms with van der Waals surface area (Å²) in [6, 6.07) is 5.40. The number of nitrogens with zero attached hydrogens (tertiary/aromatic N) is 1. The topological polar surface area (TPSA) is 69.6 Å². The Morgan fingerprint density at radius 3 is 2.90 bits per heavy atom. The van der Waals surface area contributed by atoms with Crippen LogP contribution in [0.3, 0.4) is 0 Å². The van der Waals surface area contributed by atoms with E-state index in [0.29, 0.717) is 24.3 Å². The average molecular weight is 310 g/mol. The SMILES string of the molecule is CC1(O)CCCN(S(=O)(=O)c2cccc3c2CCCN3)C1. The molecule has 3 rings (SSSR count). The molecular formula is C15H22N2O3S. The second-order valence-corrected chi connectivity index (χ2v) is 8.16. The van der Waals surface area contributed by atoms with Crippen molar-refractivity contribution in [3.8, 4) is 0 Å². The van der Waals surface area contributed by atoms with Gasteiger partial charge >= 0.3 is 0 Å². The molecule has 1 fully saturated rings. The van der Waals surface area contributed by atoms with Crippen LogP contribution in [0.5, 0.6) is 0 Å². The Morgan fingerprint density at radius 1 is 1.33 bits per heavy atom. The molecule has 0 amide bonds. The van der Waals surface area contributed by atoms with Crippen molar-refractivity contribution >= 4 is 15.7 Å². The predicted octanol–water partition coefficient (Wildman–Crippen LogP) is 1.58. The van der Waals surface area contributed by atoms with E-state index in [9.17, 15) is 13.5 Å². The average Bonchev–Trinajstić information content (AvgIpc) is 2.45. The predicted molar refractivity (Wildman–Crippen MR) is 81.9 cm³/mol. The number of anilines is 1. The van der Waals surface area contributed by atoms with Crippen molar-refractivity contribution in [1.82, 2.24) is 4.31 Å². The summed E-state index contributed by atoms with van der Waals surface area (Å²) in [5.41, 5.74) is 0.873. The molecule has 1 aromatic rings. The summed E-state index contributed by atoms with van der Waals surface area (Å²) in [5.74, 6) is 0. The molecule has 1 saturated heterocycles. The quantitative estimate of drug-likeness (QED) is 0.870. The second-order valence-electron chi connectivity index (χ2n) is 6.25.